The Morgan fingerprint density at radius 1 is 1.09 bits per heavy atom. The molecule has 2 aromatic carbocycles. The van der Waals surface area contributed by atoms with Gasteiger partial charge in [0.2, 0.25) is 11.8 Å². The third kappa shape index (κ3) is 3.93. The molecule has 0 aliphatic carbocycles. The maximum absolute atomic E-state index is 12.4. The normalized spacial score (nSPS) is 16.1. The quantitative estimate of drug-likeness (QED) is 0.350. The number of benzene rings is 2. The van der Waals surface area contributed by atoms with E-state index in [0.29, 0.717) is 12.0 Å². The molecule has 0 radical (unpaired) electrons. The molecule has 11 heteroatoms. The van der Waals surface area contributed by atoms with E-state index >= 15 is 0 Å². The molecule has 1 atom stereocenters. The molecule has 4 rings (SSSR count). The Morgan fingerprint density at radius 3 is 2.53 bits per heavy atom. The van der Waals surface area contributed by atoms with Crippen molar-refractivity contribution in [1.82, 2.24) is 4.57 Å². The summed E-state index contributed by atoms with van der Waals surface area (Å²) in [4.78, 5) is 34.9. The average molecular weight is 438 g/mol. The lowest BCUT2D eigenvalue weighted by molar-refractivity contribution is -0.385. The van der Waals surface area contributed by atoms with E-state index in [0.717, 1.165) is 18.9 Å². The van der Waals surface area contributed by atoms with Crippen molar-refractivity contribution in [3.63, 3.8) is 0 Å². The van der Waals surface area contributed by atoms with Crippen molar-refractivity contribution in [2.24, 2.45) is 10.2 Å². The topological polar surface area (TPSA) is 157 Å². The van der Waals surface area contributed by atoms with E-state index in [4.69, 9.17) is 4.74 Å². The summed E-state index contributed by atoms with van der Waals surface area (Å²) in [7, 11) is 0. The number of nitro benzene ring substituents is 1. The maximum Gasteiger partial charge on any atom is 0.302 e. The molecule has 3 aromatic rings. The number of aromatic hydroxyl groups is 2. The number of aromatic nitrogens is 1. The van der Waals surface area contributed by atoms with Gasteiger partial charge in [0.15, 0.2) is 0 Å². The van der Waals surface area contributed by atoms with Crippen LogP contribution < -0.4 is 0 Å². The van der Waals surface area contributed by atoms with Gasteiger partial charge in [0.1, 0.15) is 5.56 Å². The minimum absolute atomic E-state index is 0.0150. The number of amides is 2. The van der Waals surface area contributed by atoms with Gasteiger partial charge in [0, 0.05) is 29.0 Å². The number of carbonyl (C=O) groups is 2. The molecule has 164 valence electrons. The van der Waals surface area contributed by atoms with Gasteiger partial charge >= 0.3 is 5.91 Å². The van der Waals surface area contributed by atoms with E-state index in [1.807, 2.05) is 0 Å². The molecule has 0 spiro atoms. The fourth-order valence-electron chi connectivity index (χ4n) is 3.63. The van der Waals surface area contributed by atoms with Crippen molar-refractivity contribution in [2.75, 3.05) is 6.61 Å². The fraction of sp³-hybridized carbons (Fsp3) is 0.238. The summed E-state index contributed by atoms with van der Waals surface area (Å²) in [5.74, 6) is -2.30. The van der Waals surface area contributed by atoms with Crippen molar-refractivity contribution < 1.29 is 29.5 Å². The summed E-state index contributed by atoms with van der Waals surface area (Å²) in [5.41, 5.74) is -0.724. The molecule has 1 aliphatic heterocycles. The Hall–Kier alpha value is -4.12. The first-order valence-corrected chi connectivity index (χ1v) is 9.76. The van der Waals surface area contributed by atoms with Crippen molar-refractivity contribution in [1.29, 1.82) is 0 Å². The molecule has 2 heterocycles. The average Bonchev–Trinajstić information content (AvgIpc) is 3.40. The highest BCUT2D eigenvalue weighted by Crippen LogP contribution is 2.37. The lowest BCUT2D eigenvalue weighted by Crippen LogP contribution is -2.14. The van der Waals surface area contributed by atoms with Crippen molar-refractivity contribution in [3.8, 4) is 11.8 Å². The molecular weight excluding hydrogens is 420 g/mol. The highest BCUT2D eigenvalue weighted by atomic mass is 16.6. The number of hydrogen-bond donors (Lipinski definition) is 2. The number of fused-ring (bicyclic) bond motifs is 1. The Kier molecular flexibility index (Phi) is 5.65. The maximum atomic E-state index is 12.4. The summed E-state index contributed by atoms with van der Waals surface area (Å²) < 4.78 is 6.85. The molecule has 2 N–H and O–H groups in total. The summed E-state index contributed by atoms with van der Waals surface area (Å²) in [6, 6.07) is 9.34. The Morgan fingerprint density at radius 2 is 1.81 bits per heavy atom. The van der Waals surface area contributed by atoms with Crippen molar-refractivity contribution in [2.45, 2.75) is 25.5 Å². The fourth-order valence-corrected chi connectivity index (χ4v) is 3.63. The summed E-state index contributed by atoms with van der Waals surface area (Å²) in [6.07, 6.45) is 1.59. The third-order valence-corrected chi connectivity index (χ3v) is 5.23. The number of azo groups is 1. The Labute approximate surface area is 180 Å². The number of nitrogens with zero attached hydrogens (tertiary/aromatic N) is 4. The van der Waals surface area contributed by atoms with Gasteiger partial charge < -0.3 is 14.9 Å². The van der Waals surface area contributed by atoms with Crippen LogP contribution >= 0.6 is 0 Å². The predicted octanol–water partition coefficient (Wildman–Crippen LogP) is 3.57. The number of hydrogen-bond acceptors (Lipinski definition) is 7. The molecule has 32 heavy (non-hydrogen) atoms. The van der Waals surface area contributed by atoms with Crippen LogP contribution in [-0.2, 0) is 11.3 Å². The SMILES string of the molecule is O=C(N=NC(=O)c1ccccc1[N+](=O)[O-])c1ccc2c(O)n(CC3CCCO3)c(O)c2c1. The molecular formula is C21H18N4O7. The molecule has 1 aliphatic rings. The zero-order chi connectivity index (χ0) is 22.8. The first kappa shape index (κ1) is 21.1. The second-order valence-electron chi connectivity index (χ2n) is 7.24. The van der Waals surface area contributed by atoms with Gasteiger partial charge in [-0.2, -0.15) is 0 Å². The monoisotopic (exact) mass is 438 g/mol. The largest absolute Gasteiger partial charge is 0.494 e. The highest BCUT2D eigenvalue weighted by molar-refractivity contribution is 6.03. The smallest absolute Gasteiger partial charge is 0.302 e. The second kappa shape index (κ2) is 8.55. The molecule has 11 nitrogen and oxygen atoms in total. The van der Waals surface area contributed by atoms with Crippen LogP contribution in [0.5, 0.6) is 11.8 Å². The van der Waals surface area contributed by atoms with Crippen LogP contribution in [0.25, 0.3) is 10.8 Å². The lowest BCUT2D eigenvalue weighted by Gasteiger charge is -2.12. The first-order chi connectivity index (χ1) is 15.4. The van der Waals surface area contributed by atoms with Gasteiger partial charge in [-0.05, 0) is 37.1 Å². The van der Waals surface area contributed by atoms with E-state index in [1.165, 1.54) is 41.0 Å². The minimum Gasteiger partial charge on any atom is -0.494 e. The van der Waals surface area contributed by atoms with Crippen LogP contribution in [0.15, 0.2) is 52.7 Å². The van der Waals surface area contributed by atoms with Crippen LogP contribution in [0.2, 0.25) is 0 Å². The Bertz CT molecular complexity index is 1260. The van der Waals surface area contributed by atoms with Crippen LogP contribution in [0.1, 0.15) is 33.6 Å². The van der Waals surface area contributed by atoms with Crippen molar-refractivity contribution >= 4 is 28.3 Å². The van der Waals surface area contributed by atoms with E-state index in [9.17, 15) is 29.9 Å². The highest BCUT2D eigenvalue weighted by Gasteiger charge is 2.23. The van der Waals surface area contributed by atoms with E-state index in [1.54, 1.807) is 0 Å². The van der Waals surface area contributed by atoms with Crippen LogP contribution in [0.4, 0.5) is 5.69 Å². The van der Waals surface area contributed by atoms with Gasteiger partial charge in [0.05, 0.1) is 17.6 Å². The molecule has 1 unspecified atom stereocenters. The lowest BCUT2D eigenvalue weighted by atomic mass is 10.1. The van der Waals surface area contributed by atoms with E-state index < -0.39 is 22.4 Å². The zero-order valence-corrected chi connectivity index (χ0v) is 16.7. The first-order valence-electron chi connectivity index (χ1n) is 9.76. The molecule has 2 amide bonds. The molecule has 0 bridgehead atoms. The molecule has 1 aromatic heterocycles. The predicted molar refractivity (Wildman–Crippen MR) is 111 cm³/mol. The zero-order valence-electron chi connectivity index (χ0n) is 16.7. The number of ether oxygens (including phenoxy) is 1. The molecule has 1 fully saturated rings. The van der Waals surface area contributed by atoms with Gasteiger partial charge in [0.25, 0.3) is 11.6 Å². The molecule has 0 saturated carbocycles. The van der Waals surface area contributed by atoms with Gasteiger partial charge in [-0.1, -0.05) is 12.1 Å². The van der Waals surface area contributed by atoms with Crippen LogP contribution in [-0.4, -0.2) is 44.2 Å². The van der Waals surface area contributed by atoms with Gasteiger partial charge in [-0.15, -0.1) is 10.2 Å². The second-order valence-corrected chi connectivity index (χ2v) is 7.24. The number of nitro groups is 1. The standard InChI is InChI=1S/C21H18N4O7/c26-18(22-23-19(27)15-5-1-2-6-17(15)25(30)31)12-7-8-14-16(10-12)21(29)24(20(14)28)11-13-4-3-9-32-13/h1-2,5-8,10,13,28-29H,3-4,9,11H2. The van der Waals surface area contributed by atoms with E-state index in [-0.39, 0.29) is 40.9 Å². The van der Waals surface area contributed by atoms with E-state index in [2.05, 4.69) is 10.2 Å². The number of para-hydroxylation sites is 1. The van der Waals surface area contributed by atoms with Crippen LogP contribution in [0, 0.1) is 10.1 Å². The number of rotatable bonds is 5. The van der Waals surface area contributed by atoms with Gasteiger partial charge in [-0.3, -0.25) is 24.3 Å². The minimum atomic E-state index is -1.03. The Balaban J connectivity index is 1.58. The number of carbonyl (C=O) groups excluding carboxylic acids is 2. The van der Waals surface area contributed by atoms with Crippen molar-refractivity contribution in [3.05, 3.63) is 63.7 Å². The van der Waals surface area contributed by atoms with Gasteiger partial charge in [-0.25, -0.2) is 0 Å². The summed E-state index contributed by atoms with van der Waals surface area (Å²) >= 11 is 0. The summed E-state index contributed by atoms with van der Waals surface area (Å²) in [5, 5.41) is 39.3. The summed E-state index contributed by atoms with van der Waals surface area (Å²) in [6.45, 7) is 0.890. The molecule has 1 saturated heterocycles. The van der Waals surface area contributed by atoms with Crippen LogP contribution in [0.3, 0.4) is 0 Å². The third-order valence-electron chi connectivity index (χ3n) is 5.23.